The van der Waals surface area contributed by atoms with Crippen LogP contribution >= 0.6 is 9.47 Å². The smallest absolute Gasteiger partial charge is 0.320 e. The number of hydrogen-bond acceptors (Lipinski definition) is 4. The van der Waals surface area contributed by atoms with Crippen LogP contribution in [0.4, 0.5) is 0 Å². The second-order valence-electron chi connectivity index (χ2n) is 2.52. The fourth-order valence-electron chi connectivity index (χ4n) is 0.730. The molecule has 0 radical (unpaired) electrons. The molecule has 0 fully saturated rings. The average molecular weight is 194 g/mol. The predicted molar refractivity (Wildman–Crippen MR) is 48.5 cm³/mol. The van der Waals surface area contributed by atoms with Gasteiger partial charge in [0.2, 0.25) is 0 Å². The van der Waals surface area contributed by atoms with Crippen molar-refractivity contribution in [1.82, 2.24) is 0 Å². The Kier molecular flexibility index (Phi) is 6.20. The van der Waals surface area contributed by atoms with Crippen molar-refractivity contribution in [3.05, 3.63) is 0 Å². The molecular formula is C6H15N2O3P. The van der Waals surface area contributed by atoms with Gasteiger partial charge in [0.05, 0.1) is 6.10 Å². The fraction of sp³-hybridized carbons (Fsp3) is 0.833. The molecular weight excluding hydrogens is 179 g/mol. The van der Waals surface area contributed by atoms with Gasteiger partial charge in [0.25, 0.3) is 0 Å². The molecule has 0 bridgehead atoms. The van der Waals surface area contributed by atoms with Crippen LogP contribution < -0.4 is 11.5 Å². The minimum atomic E-state index is -0.991. The first kappa shape index (κ1) is 11.8. The highest BCUT2D eigenvalue weighted by Crippen LogP contribution is 2.06. The van der Waals surface area contributed by atoms with Gasteiger partial charge >= 0.3 is 5.97 Å². The summed E-state index contributed by atoms with van der Waals surface area (Å²) in [6.07, 6.45) is 0.819. The minimum absolute atomic E-state index is 0.125. The molecule has 5 N–H and O–H groups in total. The number of carbonyl (C=O) groups is 1. The number of nitrogens with two attached hydrogens (primary N) is 2. The standard InChI is InChI=1S/C6H15N2O3P/c7-3-4(11-12)1-2-5(8)6(9)10/h4-5H,1-3,7-8,12H2,(H,9,10)/t4?,5-/m0/s1. The van der Waals surface area contributed by atoms with E-state index in [2.05, 4.69) is 9.47 Å². The van der Waals surface area contributed by atoms with Crippen molar-refractivity contribution in [1.29, 1.82) is 0 Å². The van der Waals surface area contributed by atoms with E-state index in [1.165, 1.54) is 0 Å². The van der Waals surface area contributed by atoms with Crippen molar-refractivity contribution in [3.63, 3.8) is 0 Å². The summed E-state index contributed by atoms with van der Waals surface area (Å²) >= 11 is 0. The molecule has 3 atom stereocenters. The molecule has 0 rings (SSSR count). The minimum Gasteiger partial charge on any atom is -0.480 e. The van der Waals surface area contributed by atoms with E-state index >= 15 is 0 Å². The van der Waals surface area contributed by atoms with Gasteiger partial charge < -0.3 is 21.1 Å². The molecule has 2 unspecified atom stereocenters. The lowest BCUT2D eigenvalue weighted by Crippen LogP contribution is -2.32. The number of rotatable bonds is 6. The molecule has 72 valence electrons. The Morgan fingerprint density at radius 1 is 1.58 bits per heavy atom. The predicted octanol–water partition coefficient (Wildman–Crippen LogP) is -0.687. The highest BCUT2D eigenvalue weighted by Gasteiger charge is 2.13. The molecule has 0 aromatic heterocycles. The van der Waals surface area contributed by atoms with E-state index in [0.29, 0.717) is 19.4 Å². The summed E-state index contributed by atoms with van der Waals surface area (Å²) in [5.41, 5.74) is 10.6. The first-order valence-electron chi connectivity index (χ1n) is 3.65. The van der Waals surface area contributed by atoms with Crippen molar-refractivity contribution >= 4 is 15.4 Å². The summed E-state index contributed by atoms with van der Waals surface area (Å²) in [6.45, 7) is 0.371. The van der Waals surface area contributed by atoms with Crippen LogP contribution in [0.1, 0.15) is 12.8 Å². The maximum atomic E-state index is 10.3. The molecule has 6 heteroatoms. The Hall–Kier alpha value is -0.220. The van der Waals surface area contributed by atoms with E-state index in [1.807, 2.05) is 0 Å². The summed E-state index contributed by atoms with van der Waals surface area (Å²) in [5.74, 6) is -0.991. The van der Waals surface area contributed by atoms with Gasteiger partial charge in [0, 0.05) is 16.0 Å². The van der Waals surface area contributed by atoms with Crippen LogP contribution in [0.3, 0.4) is 0 Å². The van der Waals surface area contributed by atoms with Crippen molar-refractivity contribution in [2.24, 2.45) is 11.5 Å². The number of aliphatic carboxylic acids is 1. The lowest BCUT2D eigenvalue weighted by molar-refractivity contribution is -0.138. The SMILES string of the molecule is NCC(CC[C@H](N)C(=O)O)OP. The Balaban J connectivity index is 3.58. The van der Waals surface area contributed by atoms with E-state index < -0.39 is 12.0 Å². The third-order valence-electron chi connectivity index (χ3n) is 1.57. The Bertz CT molecular complexity index is 141. The number of carboxylic acid groups (broad SMARTS) is 1. The monoisotopic (exact) mass is 194 g/mol. The molecule has 0 aliphatic heterocycles. The van der Waals surface area contributed by atoms with E-state index in [-0.39, 0.29) is 6.10 Å². The highest BCUT2D eigenvalue weighted by molar-refractivity contribution is 7.09. The van der Waals surface area contributed by atoms with Gasteiger partial charge in [-0.25, -0.2) is 0 Å². The topological polar surface area (TPSA) is 98.6 Å². The Morgan fingerprint density at radius 3 is 2.50 bits per heavy atom. The second kappa shape index (κ2) is 6.31. The van der Waals surface area contributed by atoms with Gasteiger partial charge in [-0.15, -0.1) is 0 Å². The van der Waals surface area contributed by atoms with E-state index in [1.54, 1.807) is 0 Å². The van der Waals surface area contributed by atoms with Crippen LogP contribution in [0.5, 0.6) is 0 Å². The Morgan fingerprint density at radius 2 is 2.17 bits per heavy atom. The molecule has 0 heterocycles. The van der Waals surface area contributed by atoms with Crippen molar-refractivity contribution in [2.45, 2.75) is 25.0 Å². The van der Waals surface area contributed by atoms with Crippen LogP contribution in [0, 0.1) is 0 Å². The molecule has 0 saturated carbocycles. The maximum absolute atomic E-state index is 10.3. The number of carboxylic acids is 1. The summed E-state index contributed by atoms with van der Waals surface area (Å²) in [7, 11) is 2.10. The fourth-order valence-corrected chi connectivity index (χ4v) is 0.978. The van der Waals surface area contributed by atoms with Crippen molar-refractivity contribution in [3.8, 4) is 0 Å². The quantitative estimate of drug-likeness (QED) is 0.486. The van der Waals surface area contributed by atoms with Gasteiger partial charge in [0.15, 0.2) is 0 Å². The van der Waals surface area contributed by atoms with Crippen LogP contribution in [-0.4, -0.2) is 29.8 Å². The normalized spacial score (nSPS) is 15.6. The van der Waals surface area contributed by atoms with Gasteiger partial charge in [-0.1, -0.05) is 0 Å². The summed E-state index contributed by atoms with van der Waals surface area (Å²) < 4.78 is 4.87. The van der Waals surface area contributed by atoms with Gasteiger partial charge in [-0.3, -0.25) is 4.79 Å². The van der Waals surface area contributed by atoms with Gasteiger partial charge in [0.1, 0.15) is 6.04 Å². The molecule has 5 nitrogen and oxygen atoms in total. The zero-order valence-corrected chi connectivity index (χ0v) is 7.93. The largest absolute Gasteiger partial charge is 0.480 e. The lowest BCUT2D eigenvalue weighted by Gasteiger charge is -2.13. The summed E-state index contributed by atoms with van der Waals surface area (Å²) in [5, 5.41) is 8.44. The molecule has 0 amide bonds. The van der Waals surface area contributed by atoms with Gasteiger partial charge in [-0.2, -0.15) is 0 Å². The Labute approximate surface area is 73.7 Å². The van der Waals surface area contributed by atoms with Crippen LogP contribution in [0.25, 0.3) is 0 Å². The third-order valence-corrected chi connectivity index (χ3v) is 1.96. The average Bonchev–Trinajstić information content (AvgIpc) is 2.05. The zero-order valence-electron chi connectivity index (χ0n) is 6.77. The maximum Gasteiger partial charge on any atom is 0.320 e. The second-order valence-corrected chi connectivity index (χ2v) is 2.79. The molecule has 0 aliphatic carbocycles. The van der Waals surface area contributed by atoms with Crippen molar-refractivity contribution in [2.75, 3.05) is 6.54 Å². The molecule has 0 aromatic carbocycles. The molecule has 12 heavy (non-hydrogen) atoms. The zero-order chi connectivity index (χ0) is 9.56. The van der Waals surface area contributed by atoms with Crippen LogP contribution in [0.15, 0.2) is 0 Å². The van der Waals surface area contributed by atoms with E-state index in [4.69, 9.17) is 21.1 Å². The molecule has 0 saturated heterocycles. The summed E-state index contributed by atoms with van der Waals surface area (Å²) in [6, 6.07) is -0.820. The molecule has 0 aliphatic rings. The van der Waals surface area contributed by atoms with Crippen molar-refractivity contribution < 1.29 is 14.4 Å². The van der Waals surface area contributed by atoms with E-state index in [0.717, 1.165) is 0 Å². The van der Waals surface area contributed by atoms with Crippen LogP contribution in [-0.2, 0) is 9.32 Å². The lowest BCUT2D eigenvalue weighted by atomic mass is 10.1. The highest BCUT2D eigenvalue weighted by atomic mass is 31.0. The third kappa shape index (κ3) is 4.62. The van der Waals surface area contributed by atoms with Crippen LogP contribution in [0.2, 0.25) is 0 Å². The first-order chi connectivity index (χ1) is 5.61. The van der Waals surface area contributed by atoms with Gasteiger partial charge in [-0.05, 0) is 12.8 Å². The molecule has 0 aromatic rings. The van der Waals surface area contributed by atoms with E-state index in [9.17, 15) is 4.79 Å². The number of hydrogen-bond donors (Lipinski definition) is 3. The molecule has 0 spiro atoms. The summed E-state index contributed by atoms with van der Waals surface area (Å²) in [4.78, 5) is 10.3. The first-order valence-corrected chi connectivity index (χ1v) is 4.13.